The van der Waals surface area contributed by atoms with E-state index in [4.69, 9.17) is 4.52 Å². The van der Waals surface area contributed by atoms with Gasteiger partial charge in [0.15, 0.2) is 0 Å². The van der Waals surface area contributed by atoms with Crippen LogP contribution in [0.4, 0.5) is 5.82 Å². The second kappa shape index (κ2) is 7.03. The lowest BCUT2D eigenvalue weighted by Crippen LogP contribution is -2.29. The van der Waals surface area contributed by atoms with E-state index in [9.17, 15) is 0 Å². The van der Waals surface area contributed by atoms with Crippen molar-refractivity contribution in [3.8, 4) is 22.8 Å². The molecule has 25 heavy (non-hydrogen) atoms. The number of anilines is 1. The minimum atomic E-state index is 0.510. The highest BCUT2D eigenvalue weighted by molar-refractivity contribution is 5.71. The molecule has 0 radical (unpaired) electrons. The van der Waals surface area contributed by atoms with Gasteiger partial charge in [0.2, 0.25) is 5.82 Å². The lowest BCUT2D eigenvalue weighted by molar-refractivity contribution is 0.432. The van der Waals surface area contributed by atoms with E-state index in [-0.39, 0.29) is 0 Å². The second-order valence-corrected chi connectivity index (χ2v) is 6.25. The van der Waals surface area contributed by atoms with Crippen LogP contribution in [-0.4, -0.2) is 41.3 Å². The minimum Gasteiger partial charge on any atom is -0.355 e. The molecule has 1 aliphatic rings. The van der Waals surface area contributed by atoms with Crippen molar-refractivity contribution >= 4 is 5.82 Å². The normalized spacial score (nSPS) is 15.2. The van der Waals surface area contributed by atoms with Crippen LogP contribution in [0.25, 0.3) is 22.8 Å². The minimum absolute atomic E-state index is 0.510. The summed E-state index contributed by atoms with van der Waals surface area (Å²) in [5.74, 6) is 2.02. The molecule has 0 unspecified atom stereocenters. The monoisotopic (exact) mass is 335 g/mol. The SMILES string of the molecule is Cc1ccc(-c2noc(-c3cccnc3N3CCCNCC3)n2)cc1. The number of aromatic nitrogens is 3. The van der Waals surface area contributed by atoms with Crippen molar-refractivity contribution in [1.82, 2.24) is 20.4 Å². The Kier molecular flexibility index (Phi) is 4.43. The van der Waals surface area contributed by atoms with Crippen molar-refractivity contribution in [2.75, 3.05) is 31.1 Å². The van der Waals surface area contributed by atoms with E-state index in [0.717, 1.165) is 49.5 Å². The number of rotatable bonds is 3. The van der Waals surface area contributed by atoms with Crippen LogP contribution in [0, 0.1) is 6.92 Å². The van der Waals surface area contributed by atoms with Crippen LogP contribution in [0.1, 0.15) is 12.0 Å². The second-order valence-electron chi connectivity index (χ2n) is 6.25. The lowest BCUT2D eigenvalue weighted by atomic mass is 10.1. The van der Waals surface area contributed by atoms with Gasteiger partial charge in [0, 0.05) is 31.4 Å². The highest BCUT2D eigenvalue weighted by Crippen LogP contribution is 2.29. The Labute approximate surface area is 146 Å². The molecule has 0 bridgehead atoms. The summed E-state index contributed by atoms with van der Waals surface area (Å²) < 4.78 is 5.55. The molecule has 2 aromatic heterocycles. The van der Waals surface area contributed by atoms with Gasteiger partial charge >= 0.3 is 0 Å². The maximum absolute atomic E-state index is 5.55. The van der Waals surface area contributed by atoms with Gasteiger partial charge in [-0.05, 0) is 32.0 Å². The molecule has 128 valence electrons. The largest absolute Gasteiger partial charge is 0.355 e. The molecule has 0 saturated carbocycles. The smallest absolute Gasteiger partial charge is 0.261 e. The molecule has 6 nitrogen and oxygen atoms in total. The number of nitrogens with zero attached hydrogens (tertiary/aromatic N) is 4. The molecule has 0 atom stereocenters. The van der Waals surface area contributed by atoms with E-state index in [0.29, 0.717) is 11.7 Å². The van der Waals surface area contributed by atoms with Gasteiger partial charge in [-0.1, -0.05) is 35.0 Å². The van der Waals surface area contributed by atoms with Crippen LogP contribution in [0.15, 0.2) is 47.1 Å². The zero-order valence-corrected chi connectivity index (χ0v) is 14.3. The molecule has 1 N–H and O–H groups in total. The molecule has 1 saturated heterocycles. The first kappa shape index (κ1) is 15.8. The summed E-state index contributed by atoms with van der Waals surface area (Å²) in [7, 11) is 0. The molecular formula is C19H21N5O. The molecule has 1 aliphatic heterocycles. The Morgan fingerprint density at radius 3 is 2.84 bits per heavy atom. The van der Waals surface area contributed by atoms with Gasteiger partial charge < -0.3 is 14.7 Å². The zero-order valence-electron chi connectivity index (χ0n) is 14.3. The highest BCUT2D eigenvalue weighted by Gasteiger charge is 2.19. The average Bonchev–Trinajstić information content (AvgIpc) is 2.98. The maximum atomic E-state index is 5.55. The van der Waals surface area contributed by atoms with Crippen molar-refractivity contribution < 1.29 is 4.52 Å². The Morgan fingerprint density at radius 2 is 1.96 bits per heavy atom. The summed E-state index contributed by atoms with van der Waals surface area (Å²) in [5, 5.41) is 7.57. The Hall–Kier alpha value is -2.73. The maximum Gasteiger partial charge on any atom is 0.261 e. The highest BCUT2D eigenvalue weighted by atomic mass is 16.5. The zero-order chi connectivity index (χ0) is 17.1. The van der Waals surface area contributed by atoms with Crippen molar-refractivity contribution in [1.29, 1.82) is 0 Å². The van der Waals surface area contributed by atoms with E-state index in [2.05, 4.69) is 32.3 Å². The molecule has 1 fully saturated rings. The van der Waals surface area contributed by atoms with Gasteiger partial charge in [0.1, 0.15) is 5.82 Å². The fourth-order valence-corrected chi connectivity index (χ4v) is 3.03. The molecule has 6 heteroatoms. The van der Waals surface area contributed by atoms with Crippen molar-refractivity contribution in [3.63, 3.8) is 0 Å². The first-order valence-corrected chi connectivity index (χ1v) is 8.63. The summed E-state index contributed by atoms with van der Waals surface area (Å²) in [5.41, 5.74) is 3.04. The molecule has 1 aromatic carbocycles. The predicted octanol–water partition coefficient (Wildman–Crippen LogP) is 2.91. The van der Waals surface area contributed by atoms with Crippen molar-refractivity contribution in [3.05, 3.63) is 48.2 Å². The van der Waals surface area contributed by atoms with Gasteiger partial charge in [-0.2, -0.15) is 4.98 Å². The standard InChI is InChI=1S/C19H21N5O/c1-14-5-7-15(8-6-14)17-22-19(25-23-17)16-4-2-10-21-18(16)24-12-3-9-20-11-13-24/h2,4-8,10,20H,3,9,11-13H2,1H3. The number of hydrogen-bond acceptors (Lipinski definition) is 6. The fraction of sp³-hybridized carbons (Fsp3) is 0.316. The number of nitrogens with one attached hydrogen (secondary N) is 1. The molecule has 0 amide bonds. The molecule has 4 rings (SSSR count). The first-order chi connectivity index (χ1) is 12.3. The number of hydrogen-bond donors (Lipinski definition) is 1. The van der Waals surface area contributed by atoms with Gasteiger partial charge in [-0.15, -0.1) is 0 Å². The summed E-state index contributed by atoms with van der Waals surface area (Å²) in [4.78, 5) is 11.5. The average molecular weight is 335 g/mol. The van der Waals surface area contributed by atoms with E-state index in [1.807, 2.05) is 42.6 Å². The predicted molar refractivity (Wildman–Crippen MR) is 97.4 cm³/mol. The van der Waals surface area contributed by atoms with Crippen LogP contribution < -0.4 is 10.2 Å². The van der Waals surface area contributed by atoms with Crippen molar-refractivity contribution in [2.24, 2.45) is 0 Å². The summed E-state index contributed by atoms with van der Waals surface area (Å²) >= 11 is 0. The number of pyridine rings is 1. The molecule has 3 aromatic rings. The molecule has 0 spiro atoms. The van der Waals surface area contributed by atoms with Crippen LogP contribution in [-0.2, 0) is 0 Å². The third kappa shape index (κ3) is 3.39. The van der Waals surface area contributed by atoms with E-state index in [1.165, 1.54) is 5.56 Å². The van der Waals surface area contributed by atoms with Crippen LogP contribution in [0.2, 0.25) is 0 Å². The van der Waals surface area contributed by atoms with Crippen LogP contribution in [0.5, 0.6) is 0 Å². The van der Waals surface area contributed by atoms with E-state index >= 15 is 0 Å². The summed E-state index contributed by atoms with van der Waals surface area (Å²) in [6, 6.07) is 12.0. The van der Waals surface area contributed by atoms with Gasteiger partial charge in [0.25, 0.3) is 5.89 Å². The lowest BCUT2D eigenvalue weighted by Gasteiger charge is -2.22. The van der Waals surface area contributed by atoms with Gasteiger partial charge in [0.05, 0.1) is 5.56 Å². The third-order valence-electron chi connectivity index (χ3n) is 4.39. The topological polar surface area (TPSA) is 67.1 Å². The first-order valence-electron chi connectivity index (χ1n) is 8.63. The Balaban J connectivity index is 1.67. The van der Waals surface area contributed by atoms with E-state index < -0.39 is 0 Å². The van der Waals surface area contributed by atoms with Gasteiger partial charge in [-0.3, -0.25) is 0 Å². The van der Waals surface area contributed by atoms with Gasteiger partial charge in [-0.25, -0.2) is 4.98 Å². The molecule has 0 aliphatic carbocycles. The molecular weight excluding hydrogens is 314 g/mol. The summed E-state index contributed by atoms with van der Waals surface area (Å²) in [6.07, 6.45) is 2.91. The third-order valence-corrected chi connectivity index (χ3v) is 4.39. The number of aryl methyl sites for hydroxylation is 1. The van der Waals surface area contributed by atoms with Crippen LogP contribution >= 0.6 is 0 Å². The Bertz CT molecular complexity index is 835. The quantitative estimate of drug-likeness (QED) is 0.794. The van der Waals surface area contributed by atoms with Crippen molar-refractivity contribution in [2.45, 2.75) is 13.3 Å². The Morgan fingerprint density at radius 1 is 1.08 bits per heavy atom. The summed E-state index contributed by atoms with van der Waals surface area (Å²) in [6.45, 7) is 5.94. The molecule has 3 heterocycles. The fourth-order valence-electron chi connectivity index (χ4n) is 3.03. The van der Waals surface area contributed by atoms with E-state index in [1.54, 1.807) is 0 Å². The van der Waals surface area contributed by atoms with Crippen LogP contribution in [0.3, 0.4) is 0 Å². The number of benzene rings is 1.